The Morgan fingerprint density at radius 3 is 2.05 bits per heavy atom. The first-order valence-electron chi connectivity index (χ1n) is 12.6. The Kier molecular flexibility index (Phi) is 16.1. The van der Waals surface area contributed by atoms with Crippen LogP contribution in [-0.4, -0.2) is 29.4 Å². The molecule has 3 nitrogen and oxygen atoms in total. The molecule has 38 heavy (non-hydrogen) atoms. The van der Waals surface area contributed by atoms with Crippen LogP contribution in [0.1, 0.15) is 84.8 Å². The molecule has 2 rings (SSSR count). The van der Waals surface area contributed by atoms with E-state index >= 15 is 0 Å². The average molecular weight is 624 g/mol. The topological polar surface area (TPSA) is 43.4 Å². The number of esters is 1. The second-order valence-corrected chi connectivity index (χ2v) is 10.9. The number of benzene rings is 1. The van der Waals surface area contributed by atoms with Gasteiger partial charge in [0.1, 0.15) is 18.2 Å². The van der Waals surface area contributed by atoms with Gasteiger partial charge in [-0.25, -0.2) is 4.39 Å². The van der Waals surface area contributed by atoms with Gasteiger partial charge in [-0.1, -0.05) is 85.6 Å². The van der Waals surface area contributed by atoms with Crippen molar-refractivity contribution in [2.45, 2.75) is 92.7 Å². The van der Waals surface area contributed by atoms with Crippen LogP contribution in [0, 0.1) is 11.2 Å². The molecule has 0 heterocycles. The Bertz CT molecular complexity index is 1010. The average Bonchev–Trinajstić information content (AvgIpc) is 2.81. The lowest BCUT2D eigenvalue weighted by Gasteiger charge is -2.35. The molecular formula is C29H39BrF4O3S. The molecule has 0 saturated heterocycles. The van der Waals surface area contributed by atoms with Crippen LogP contribution in [0.25, 0.3) is 0 Å². The van der Waals surface area contributed by atoms with Gasteiger partial charge in [-0.15, -0.1) is 0 Å². The molecule has 0 atom stereocenters. The Morgan fingerprint density at radius 2 is 1.63 bits per heavy atom. The minimum absolute atomic E-state index is 0.0493. The van der Waals surface area contributed by atoms with E-state index in [4.69, 9.17) is 17.0 Å². The van der Waals surface area contributed by atoms with Crippen LogP contribution in [0.3, 0.4) is 0 Å². The van der Waals surface area contributed by atoms with Crippen molar-refractivity contribution in [3.8, 4) is 0 Å². The number of allylic oxidation sites excluding steroid dienone is 3. The lowest BCUT2D eigenvalue weighted by atomic mass is 9.70. The third kappa shape index (κ3) is 12.8. The predicted molar refractivity (Wildman–Crippen MR) is 153 cm³/mol. The molecule has 0 N–H and O–H groups in total. The SMILES string of the molecule is C=C(C)/C=C(\C)C(F)(F)F.CC.CC(=O)Cc1cc(CC2(C(=O)OCC(C)=S)CCCCC2)c(Br)cc1F. The Balaban J connectivity index is 0.000000962. The fourth-order valence-corrected chi connectivity index (χ4v) is 4.52. The maximum atomic E-state index is 14.1. The van der Waals surface area contributed by atoms with Crippen LogP contribution in [0.2, 0.25) is 0 Å². The van der Waals surface area contributed by atoms with Crippen molar-refractivity contribution in [1.82, 2.24) is 0 Å². The number of hydrogen-bond acceptors (Lipinski definition) is 4. The van der Waals surface area contributed by atoms with Crippen LogP contribution >= 0.6 is 28.1 Å². The van der Waals surface area contributed by atoms with Gasteiger partial charge in [-0.05, 0) is 64.2 Å². The minimum Gasteiger partial charge on any atom is -0.460 e. The molecule has 1 aliphatic carbocycles. The van der Waals surface area contributed by atoms with E-state index in [1.54, 1.807) is 13.0 Å². The molecule has 214 valence electrons. The highest BCUT2D eigenvalue weighted by atomic mass is 79.9. The normalized spacial score (nSPS) is 14.8. The van der Waals surface area contributed by atoms with Crippen molar-refractivity contribution in [3.63, 3.8) is 0 Å². The van der Waals surface area contributed by atoms with Crippen molar-refractivity contribution in [1.29, 1.82) is 0 Å². The number of hydrogen-bond donors (Lipinski definition) is 0. The number of Topliss-reactive ketones (excluding diaryl/α,β-unsaturated/α-hetero) is 1. The van der Waals surface area contributed by atoms with Crippen LogP contribution in [0.4, 0.5) is 17.6 Å². The van der Waals surface area contributed by atoms with Crippen molar-refractivity contribution in [2.75, 3.05) is 6.61 Å². The Hall–Kier alpha value is -1.87. The summed E-state index contributed by atoms with van der Waals surface area (Å²) in [5, 5.41) is 0. The first-order valence-corrected chi connectivity index (χ1v) is 13.8. The van der Waals surface area contributed by atoms with E-state index in [0.29, 0.717) is 26.9 Å². The zero-order valence-electron chi connectivity index (χ0n) is 23.1. The molecule has 0 spiro atoms. The summed E-state index contributed by atoms with van der Waals surface area (Å²) in [6.07, 6.45) is 1.83. The third-order valence-corrected chi connectivity index (χ3v) is 6.60. The summed E-state index contributed by atoms with van der Waals surface area (Å²) in [4.78, 5) is 24.9. The number of ketones is 1. The van der Waals surface area contributed by atoms with Gasteiger partial charge >= 0.3 is 12.1 Å². The molecule has 9 heteroatoms. The Morgan fingerprint density at radius 1 is 1.08 bits per heavy atom. The number of thiocarbonyl (C=S) groups is 1. The van der Waals surface area contributed by atoms with E-state index in [-0.39, 0.29) is 24.8 Å². The van der Waals surface area contributed by atoms with Crippen molar-refractivity contribution < 1.29 is 31.9 Å². The zero-order valence-corrected chi connectivity index (χ0v) is 25.5. The van der Waals surface area contributed by atoms with Crippen molar-refractivity contribution in [2.24, 2.45) is 5.41 Å². The quantitative estimate of drug-likeness (QED) is 0.125. The van der Waals surface area contributed by atoms with E-state index in [1.165, 1.54) is 19.9 Å². The lowest BCUT2D eigenvalue weighted by Crippen LogP contribution is -2.38. The molecule has 0 aliphatic heterocycles. The summed E-state index contributed by atoms with van der Waals surface area (Å²) in [6.45, 7) is 13.2. The van der Waals surface area contributed by atoms with Gasteiger partial charge in [0.2, 0.25) is 0 Å². The summed E-state index contributed by atoms with van der Waals surface area (Å²) >= 11 is 8.43. The van der Waals surface area contributed by atoms with Crippen LogP contribution in [-0.2, 0) is 27.2 Å². The first kappa shape index (κ1) is 36.1. The highest BCUT2D eigenvalue weighted by Gasteiger charge is 2.41. The standard InChI is InChI=1S/C20H24BrFO3S.C7H9F3.C2H6/c1-13(23)8-15-9-16(17(21)10-18(15)22)11-20(6-4-3-5-7-20)19(24)25-12-14(2)26;1-5(2)4-6(3)7(8,9)10;1-2/h9-10H,3-8,11-12H2,1-2H3;4H,1H2,2-3H3;1-2H3/b;6-4+;. The highest BCUT2D eigenvalue weighted by molar-refractivity contribution is 9.10. The van der Waals surface area contributed by atoms with Gasteiger partial charge < -0.3 is 4.74 Å². The second kappa shape index (κ2) is 17.0. The number of carbonyl (C=O) groups excluding carboxylic acids is 2. The zero-order chi connectivity index (χ0) is 29.7. The van der Waals surface area contributed by atoms with E-state index in [2.05, 4.69) is 22.5 Å². The van der Waals surface area contributed by atoms with Gasteiger partial charge in [-0.2, -0.15) is 13.2 Å². The molecule has 0 unspecified atom stereocenters. The number of rotatable bonds is 8. The molecule has 1 saturated carbocycles. The maximum absolute atomic E-state index is 14.1. The van der Waals surface area contributed by atoms with E-state index in [1.807, 2.05) is 13.8 Å². The number of ether oxygens (including phenoxy) is 1. The van der Waals surface area contributed by atoms with Gasteiger partial charge in [0.25, 0.3) is 0 Å². The van der Waals surface area contributed by atoms with Gasteiger partial charge in [0.15, 0.2) is 0 Å². The molecule has 1 aliphatic rings. The highest BCUT2D eigenvalue weighted by Crippen LogP contribution is 2.42. The van der Waals surface area contributed by atoms with Gasteiger partial charge in [-0.3, -0.25) is 9.59 Å². The maximum Gasteiger partial charge on any atom is 0.412 e. The van der Waals surface area contributed by atoms with Gasteiger partial charge in [0.05, 0.1) is 5.41 Å². The summed E-state index contributed by atoms with van der Waals surface area (Å²) in [6, 6.07) is 3.09. The summed E-state index contributed by atoms with van der Waals surface area (Å²) in [7, 11) is 0. The molecule has 0 bridgehead atoms. The summed E-state index contributed by atoms with van der Waals surface area (Å²) in [5.74, 6) is -0.737. The minimum atomic E-state index is -4.21. The first-order chi connectivity index (χ1) is 17.6. The third-order valence-electron chi connectivity index (χ3n) is 5.74. The van der Waals surface area contributed by atoms with Crippen LogP contribution < -0.4 is 0 Å². The molecular weight excluding hydrogens is 584 g/mol. The predicted octanol–water partition coefficient (Wildman–Crippen LogP) is 9.24. The fourth-order valence-electron chi connectivity index (χ4n) is 4.00. The lowest BCUT2D eigenvalue weighted by molar-refractivity contribution is -0.156. The number of carbonyl (C=O) groups is 2. The second-order valence-electron chi connectivity index (χ2n) is 9.38. The summed E-state index contributed by atoms with van der Waals surface area (Å²) < 4.78 is 55.3. The molecule has 0 amide bonds. The van der Waals surface area contributed by atoms with E-state index in [0.717, 1.165) is 50.7 Å². The molecule has 0 aromatic heterocycles. The summed E-state index contributed by atoms with van der Waals surface area (Å²) in [5.41, 5.74) is 0.386. The number of halogens is 5. The van der Waals surface area contributed by atoms with Crippen LogP contribution in [0.15, 0.2) is 40.4 Å². The Labute approximate surface area is 238 Å². The fraction of sp³-hybridized carbons (Fsp3) is 0.552. The number of alkyl halides is 3. The van der Waals surface area contributed by atoms with E-state index < -0.39 is 23.0 Å². The molecule has 1 fully saturated rings. The molecule has 0 radical (unpaired) electrons. The van der Waals surface area contributed by atoms with Crippen LogP contribution in [0.5, 0.6) is 0 Å². The largest absolute Gasteiger partial charge is 0.460 e. The monoisotopic (exact) mass is 622 g/mol. The van der Waals surface area contributed by atoms with Gasteiger partial charge in [0, 0.05) is 21.3 Å². The molecule has 1 aromatic rings. The molecule has 1 aromatic carbocycles. The van der Waals surface area contributed by atoms with E-state index in [9.17, 15) is 27.2 Å². The smallest absolute Gasteiger partial charge is 0.412 e. The van der Waals surface area contributed by atoms with Crippen molar-refractivity contribution in [3.05, 3.63) is 57.4 Å². The van der Waals surface area contributed by atoms with Crippen molar-refractivity contribution >= 4 is 44.8 Å².